The van der Waals surface area contributed by atoms with Crippen LogP contribution in [0.2, 0.25) is 0 Å². The van der Waals surface area contributed by atoms with E-state index in [9.17, 15) is 5.11 Å². The summed E-state index contributed by atoms with van der Waals surface area (Å²) >= 11 is 0. The lowest BCUT2D eigenvalue weighted by atomic mass is 9.33. The van der Waals surface area contributed by atoms with Gasteiger partial charge in [0, 0.05) is 12.1 Å². The van der Waals surface area contributed by atoms with Gasteiger partial charge in [0.2, 0.25) is 0 Å². The Balaban J connectivity index is 1.55. The molecular weight excluding hydrogens is 378 g/mol. The third-order valence-corrected chi connectivity index (χ3v) is 12.9. The number of rotatable bonds is 2. The molecule has 1 aliphatic heterocycles. The van der Waals surface area contributed by atoms with Gasteiger partial charge >= 0.3 is 0 Å². The van der Waals surface area contributed by atoms with Gasteiger partial charge in [0.25, 0.3) is 0 Å². The molecule has 0 spiro atoms. The number of aliphatic hydroxyl groups excluding tert-OH is 1. The summed E-state index contributed by atoms with van der Waals surface area (Å²) in [5.74, 6) is 3.67. The molecule has 31 heavy (non-hydrogen) atoms. The van der Waals surface area contributed by atoms with Crippen LogP contribution in [0.5, 0.6) is 0 Å². The third kappa shape index (κ3) is 2.70. The van der Waals surface area contributed by atoms with Crippen molar-refractivity contribution in [2.24, 2.45) is 51.2 Å². The van der Waals surface area contributed by atoms with Crippen LogP contribution >= 0.6 is 0 Å². The van der Waals surface area contributed by atoms with Gasteiger partial charge in [-0.05, 0) is 136 Å². The summed E-state index contributed by atoms with van der Waals surface area (Å²) in [6.07, 6.45) is 11.9. The molecule has 0 aromatic rings. The lowest BCUT2D eigenvalue weighted by Gasteiger charge is -2.72. The third-order valence-electron chi connectivity index (χ3n) is 12.9. The monoisotopic (exact) mass is 427 g/mol. The van der Waals surface area contributed by atoms with E-state index in [1.807, 2.05) is 0 Å². The maximum Gasteiger partial charge on any atom is 0.0490 e. The van der Waals surface area contributed by atoms with Crippen LogP contribution < -0.4 is 5.32 Å². The van der Waals surface area contributed by atoms with E-state index in [0.29, 0.717) is 34.7 Å². The van der Waals surface area contributed by atoms with Gasteiger partial charge in [-0.1, -0.05) is 32.9 Å². The second kappa shape index (κ2) is 6.84. The van der Waals surface area contributed by atoms with Crippen molar-refractivity contribution in [2.75, 3.05) is 13.2 Å². The zero-order chi connectivity index (χ0) is 22.4. The molecule has 2 heteroatoms. The Bertz CT molecular complexity index is 758. The first-order chi connectivity index (χ1) is 14.5. The van der Waals surface area contributed by atoms with E-state index >= 15 is 0 Å². The van der Waals surface area contributed by atoms with Crippen LogP contribution in [0.3, 0.4) is 0 Å². The van der Waals surface area contributed by atoms with Crippen molar-refractivity contribution in [1.82, 2.24) is 5.32 Å². The SMILES string of the molecule is C=C(C)[C@@H]1CC[C@]2(CO)CC[C@]3(C)[C@H](CC[C@@H]4[C@@]5(C)CCNC(C)(C)C5CC[C@]43C)[C@@H]12. The van der Waals surface area contributed by atoms with Crippen molar-refractivity contribution in [1.29, 1.82) is 0 Å². The fourth-order valence-electron chi connectivity index (χ4n) is 11.2. The lowest BCUT2D eigenvalue weighted by molar-refractivity contribution is -0.233. The van der Waals surface area contributed by atoms with Gasteiger partial charge < -0.3 is 10.4 Å². The number of piperidine rings is 1. The zero-order valence-corrected chi connectivity index (χ0v) is 21.3. The van der Waals surface area contributed by atoms with Crippen molar-refractivity contribution < 1.29 is 5.11 Å². The Morgan fingerprint density at radius 1 is 0.871 bits per heavy atom. The van der Waals surface area contributed by atoms with E-state index < -0.39 is 0 Å². The predicted octanol–water partition coefficient (Wildman–Crippen LogP) is 6.59. The minimum Gasteiger partial charge on any atom is -0.396 e. The number of hydrogen-bond donors (Lipinski definition) is 2. The van der Waals surface area contributed by atoms with Crippen LogP contribution in [-0.4, -0.2) is 23.8 Å². The van der Waals surface area contributed by atoms with Crippen molar-refractivity contribution in [2.45, 2.75) is 105 Å². The fourth-order valence-corrected chi connectivity index (χ4v) is 11.2. The smallest absolute Gasteiger partial charge is 0.0490 e. The topological polar surface area (TPSA) is 32.3 Å². The molecule has 5 aliphatic rings. The molecule has 0 aromatic heterocycles. The average Bonchev–Trinajstić information content (AvgIpc) is 3.08. The summed E-state index contributed by atoms with van der Waals surface area (Å²) in [6, 6.07) is 0. The summed E-state index contributed by atoms with van der Waals surface area (Å²) < 4.78 is 0. The molecule has 2 N–H and O–H groups in total. The normalized spacial score (nSPS) is 55.5. The second-order valence-electron chi connectivity index (χ2n) is 14.1. The first kappa shape index (κ1) is 22.5. The number of fused-ring (bicyclic) bond motifs is 7. The Morgan fingerprint density at radius 3 is 2.29 bits per heavy atom. The van der Waals surface area contributed by atoms with Crippen molar-refractivity contribution >= 4 is 0 Å². The fraction of sp³-hybridized carbons (Fsp3) is 0.931. The molecule has 176 valence electrons. The van der Waals surface area contributed by atoms with Crippen LogP contribution in [-0.2, 0) is 0 Å². The molecule has 5 rings (SSSR count). The molecule has 1 saturated heterocycles. The van der Waals surface area contributed by atoms with E-state index in [0.717, 1.165) is 17.8 Å². The number of hydrogen-bond acceptors (Lipinski definition) is 2. The van der Waals surface area contributed by atoms with Crippen molar-refractivity contribution in [3.8, 4) is 0 Å². The van der Waals surface area contributed by atoms with Crippen LogP contribution in [0.4, 0.5) is 0 Å². The highest BCUT2D eigenvalue weighted by Gasteiger charge is 2.70. The minimum atomic E-state index is 0.175. The Hall–Kier alpha value is -0.340. The molecule has 4 saturated carbocycles. The minimum absolute atomic E-state index is 0.175. The second-order valence-corrected chi connectivity index (χ2v) is 14.1. The molecule has 0 radical (unpaired) electrons. The maximum absolute atomic E-state index is 10.6. The molecule has 5 fully saturated rings. The molecule has 9 atom stereocenters. The van der Waals surface area contributed by atoms with Gasteiger partial charge in [-0.2, -0.15) is 0 Å². The van der Waals surface area contributed by atoms with E-state index in [1.165, 1.54) is 69.9 Å². The van der Waals surface area contributed by atoms with Gasteiger partial charge in [-0.3, -0.25) is 0 Å². The van der Waals surface area contributed by atoms with Gasteiger partial charge in [0.05, 0.1) is 0 Å². The molecule has 1 unspecified atom stereocenters. The summed E-state index contributed by atoms with van der Waals surface area (Å²) in [5.41, 5.74) is 3.12. The van der Waals surface area contributed by atoms with Gasteiger partial charge in [0.1, 0.15) is 0 Å². The first-order valence-corrected chi connectivity index (χ1v) is 13.5. The molecule has 0 amide bonds. The van der Waals surface area contributed by atoms with E-state index in [4.69, 9.17) is 0 Å². The van der Waals surface area contributed by atoms with Gasteiger partial charge in [0.15, 0.2) is 0 Å². The van der Waals surface area contributed by atoms with Crippen LogP contribution in [0, 0.1) is 51.2 Å². The van der Waals surface area contributed by atoms with Crippen LogP contribution in [0.25, 0.3) is 0 Å². The Labute approximate surface area is 192 Å². The zero-order valence-electron chi connectivity index (χ0n) is 21.3. The largest absolute Gasteiger partial charge is 0.396 e. The summed E-state index contributed by atoms with van der Waals surface area (Å²) in [7, 11) is 0. The highest BCUT2D eigenvalue weighted by molar-refractivity contribution is 5.21. The summed E-state index contributed by atoms with van der Waals surface area (Å²) in [5, 5.41) is 14.5. The predicted molar refractivity (Wildman–Crippen MR) is 130 cm³/mol. The molecule has 2 nitrogen and oxygen atoms in total. The summed E-state index contributed by atoms with van der Waals surface area (Å²) in [6.45, 7) is 21.3. The summed E-state index contributed by atoms with van der Waals surface area (Å²) in [4.78, 5) is 0. The van der Waals surface area contributed by atoms with E-state index in [1.54, 1.807) is 0 Å². The van der Waals surface area contributed by atoms with Gasteiger partial charge in [-0.25, -0.2) is 0 Å². The quantitative estimate of drug-likeness (QED) is 0.487. The van der Waals surface area contributed by atoms with Crippen LogP contribution in [0.15, 0.2) is 12.2 Å². The molecule has 0 bridgehead atoms. The van der Waals surface area contributed by atoms with E-state index in [-0.39, 0.29) is 11.0 Å². The lowest BCUT2D eigenvalue weighted by Crippen LogP contribution is -2.69. The molecular formula is C29H49NO. The number of nitrogens with one attached hydrogen (secondary N) is 1. The standard InChI is InChI=1S/C29H49NO/c1-19(2)20-10-13-29(18-31)15-14-27(6)21(24(20)29)8-9-23-26(5)16-17-30-25(3,4)22(26)11-12-28(23,27)7/h20-24,30-31H,1,8-18H2,2-7H3/t20-,21+,22?,23+,24+,26-,27+,28+,29+/m0/s1. The first-order valence-electron chi connectivity index (χ1n) is 13.5. The number of aliphatic hydroxyl groups is 1. The highest BCUT2D eigenvalue weighted by Crippen LogP contribution is 2.76. The molecule has 1 heterocycles. The van der Waals surface area contributed by atoms with Crippen molar-refractivity contribution in [3.05, 3.63) is 12.2 Å². The number of allylic oxidation sites excluding steroid dienone is 1. The Kier molecular flexibility index (Phi) is 4.96. The maximum atomic E-state index is 10.6. The van der Waals surface area contributed by atoms with Gasteiger partial charge in [-0.15, -0.1) is 0 Å². The van der Waals surface area contributed by atoms with Crippen LogP contribution in [0.1, 0.15) is 99.3 Å². The van der Waals surface area contributed by atoms with E-state index in [2.05, 4.69) is 53.4 Å². The molecule has 4 aliphatic carbocycles. The molecule has 0 aromatic carbocycles. The average molecular weight is 428 g/mol. The Morgan fingerprint density at radius 2 is 1.61 bits per heavy atom. The highest BCUT2D eigenvalue weighted by atomic mass is 16.3. The van der Waals surface area contributed by atoms with Crippen molar-refractivity contribution in [3.63, 3.8) is 0 Å².